The first-order valence-corrected chi connectivity index (χ1v) is 8.12. The van der Waals surface area contributed by atoms with Crippen LogP contribution in [0, 0.1) is 0 Å². The monoisotopic (exact) mass is 275 g/mol. The number of ether oxygens (including phenoxy) is 2. The standard InChI is InChI=1S/C12H25NO2.2C2H6/c1-4-8-15-12-5-6-13(7-9-14-3)11(2)10-12;2*1-2/h11-12H,4-10H2,1-3H3;2*1-2H3. The predicted molar refractivity (Wildman–Crippen MR) is 84.9 cm³/mol. The van der Waals surface area contributed by atoms with Crippen molar-refractivity contribution in [2.45, 2.75) is 73.0 Å². The van der Waals surface area contributed by atoms with E-state index < -0.39 is 0 Å². The lowest BCUT2D eigenvalue weighted by molar-refractivity contribution is -0.0165. The zero-order valence-electron chi connectivity index (χ0n) is 14.4. The Morgan fingerprint density at radius 2 is 1.74 bits per heavy atom. The highest BCUT2D eigenvalue weighted by Crippen LogP contribution is 2.19. The van der Waals surface area contributed by atoms with Crippen LogP contribution in [0.5, 0.6) is 0 Å². The van der Waals surface area contributed by atoms with Gasteiger partial charge in [0.1, 0.15) is 0 Å². The van der Waals surface area contributed by atoms with Crippen LogP contribution in [0.4, 0.5) is 0 Å². The van der Waals surface area contributed by atoms with Gasteiger partial charge in [0.05, 0.1) is 12.7 Å². The molecule has 0 aliphatic carbocycles. The second kappa shape index (κ2) is 15.9. The quantitative estimate of drug-likeness (QED) is 0.732. The summed E-state index contributed by atoms with van der Waals surface area (Å²) >= 11 is 0. The minimum absolute atomic E-state index is 0.485. The molecule has 1 rings (SSSR count). The lowest BCUT2D eigenvalue weighted by Gasteiger charge is -2.37. The summed E-state index contributed by atoms with van der Waals surface area (Å²) in [6.07, 6.45) is 3.95. The molecule has 0 aromatic heterocycles. The molecule has 2 atom stereocenters. The van der Waals surface area contributed by atoms with Crippen LogP contribution in [0.1, 0.15) is 60.8 Å². The fraction of sp³-hybridized carbons (Fsp3) is 1.00. The maximum atomic E-state index is 5.80. The third-order valence-electron chi connectivity index (χ3n) is 3.11. The molecule has 0 aromatic rings. The first-order chi connectivity index (χ1) is 9.27. The van der Waals surface area contributed by atoms with E-state index >= 15 is 0 Å². The van der Waals surface area contributed by atoms with Crippen LogP contribution in [0.3, 0.4) is 0 Å². The SMILES string of the molecule is CC.CC.CCCOC1CCN(CCOC)C(C)C1. The fourth-order valence-electron chi connectivity index (χ4n) is 2.15. The van der Waals surface area contributed by atoms with E-state index in [0.29, 0.717) is 12.1 Å². The summed E-state index contributed by atoms with van der Waals surface area (Å²) in [7, 11) is 1.77. The van der Waals surface area contributed by atoms with Crippen LogP contribution in [-0.4, -0.2) is 50.5 Å². The van der Waals surface area contributed by atoms with E-state index in [0.717, 1.165) is 32.7 Å². The molecule has 0 saturated carbocycles. The van der Waals surface area contributed by atoms with Gasteiger partial charge in [0.15, 0.2) is 0 Å². The van der Waals surface area contributed by atoms with Crippen LogP contribution in [0.15, 0.2) is 0 Å². The molecule has 0 amide bonds. The Kier molecular flexibility index (Phi) is 17.8. The largest absolute Gasteiger partial charge is 0.383 e. The summed E-state index contributed by atoms with van der Waals surface area (Å²) in [5.74, 6) is 0. The molecule has 1 saturated heterocycles. The summed E-state index contributed by atoms with van der Waals surface area (Å²) in [5, 5.41) is 0. The van der Waals surface area contributed by atoms with Crippen molar-refractivity contribution in [3.63, 3.8) is 0 Å². The van der Waals surface area contributed by atoms with Gasteiger partial charge in [-0.25, -0.2) is 0 Å². The van der Waals surface area contributed by atoms with Crippen molar-refractivity contribution in [1.29, 1.82) is 0 Å². The van der Waals surface area contributed by atoms with E-state index in [1.165, 1.54) is 12.8 Å². The number of likely N-dealkylation sites (tertiary alicyclic amines) is 1. The Bertz CT molecular complexity index is 165. The molecule has 0 bridgehead atoms. The summed E-state index contributed by atoms with van der Waals surface area (Å²) < 4.78 is 10.9. The molecule has 3 heteroatoms. The average molecular weight is 275 g/mol. The summed E-state index contributed by atoms with van der Waals surface area (Å²) in [4.78, 5) is 2.50. The molecule has 1 aliphatic rings. The molecule has 118 valence electrons. The molecular formula is C16H37NO2. The van der Waals surface area contributed by atoms with Gasteiger partial charge in [-0.1, -0.05) is 34.6 Å². The second-order valence-electron chi connectivity index (χ2n) is 4.39. The highest BCUT2D eigenvalue weighted by atomic mass is 16.5. The molecular weight excluding hydrogens is 238 g/mol. The third kappa shape index (κ3) is 10.3. The zero-order chi connectivity index (χ0) is 15.1. The van der Waals surface area contributed by atoms with Gasteiger partial charge in [-0.05, 0) is 26.2 Å². The third-order valence-corrected chi connectivity index (χ3v) is 3.11. The van der Waals surface area contributed by atoms with Crippen LogP contribution in [0.2, 0.25) is 0 Å². The Labute approximate surface area is 121 Å². The summed E-state index contributed by atoms with van der Waals surface area (Å²) in [6.45, 7) is 16.4. The van der Waals surface area contributed by atoms with Crippen molar-refractivity contribution in [2.75, 3.05) is 33.4 Å². The van der Waals surface area contributed by atoms with E-state index in [4.69, 9.17) is 9.47 Å². The Hall–Kier alpha value is -0.120. The fourth-order valence-corrected chi connectivity index (χ4v) is 2.15. The summed E-state index contributed by atoms with van der Waals surface area (Å²) in [6, 6.07) is 0.635. The van der Waals surface area contributed by atoms with Crippen LogP contribution >= 0.6 is 0 Å². The van der Waals surface area contributed by atoms with Crippen LogP contribution < -0.4 is 0 Å². The van der Waals surface area contributed by atoms with Gasteiger partial charge >= 0.3 is 0 Å². The lowest BCUT2D eigenvalue weighted by Crippen LogP contribution is -2.44. The molecule has 1 heterocycles. The first kappa shape index (κ1) is 21.2. The molecule has 1 aliphatic heterocycles. The van der Waals surface area contributed by atoms with Gasteiger partial charge in [0.25, 0.3) is 0 Å². The van der Waals surface area contributed by atoms with Crippen molar-refractivity contribution in [3.05, 3.63) is 0 Å². The number of rotatable bonds is 6. The Morgan fingerprint density at radius 3 is 2.21 bits per heavy atom. The zero-order valence-corrected chi connectivity index (χ0v) is 14.4. The number of methoxy groups -OCH3 is 1. The molecule has 0 radical (unpaired) electrons. The van der Waals surface area contributed by atoms with E-state index in [1.807, 2.05) is 27.7 Å². The average Bonchev–Trinajstić information content (AvgIpc) is 2.48. The summed E-state index contributed by atoms with van der Waals surface area (Å²) in [5.41, 5.74) is 0. The van der Waals surface area contributed by atoms with Gasteiger partial charge in [-0.15, -0.1) is 0 Å². The van der Waals surface area contributed by atoms with Gasteiger partial charge in [0, 0.05) is 32.8 Å². The molecule has 0 N–H and O–H groups in total. The van der Waals surface area contributed by atoms with Gasteiger partial charge in [0.2, 0.25) is 0 Å². The second-order valence-corrected chi connectivity index (χ2v) is 4.39. The van der Waals surface area contributed by atoms with E-state index in [9.17, 15) is 0 Å². The number of nitrogens with zero attached hydrogens (tertiary/aromatic N) is 1. The molecule has 0 aromatic carbocycles. The molecule has 19 heavy (non-hydrogen) atoms. The minimum Gasteiger partial charge on any atom is -0.383 e. The van der Waals surface area contributed by atoms with Crippen LogP contribution in [-0.2, 0) is 9.47 Å². The number of piperidine rings is 1. The molecule has 2 unspecified atom stereocenters. The van der Waals surface area contributed by atoms with Gasteiger partial charge in [-0.3, -0.25) is 4.90 Å². The highest BCUT2D eigenvalue weighted by Gasteiger charge is 2.25. The maximum absolute atomic E-state index is 5.80. The van der Waals surface area contributed by atoms with E-state index in [1.54, 1.807) is 7.11 Å². The van der Waals surface area contributed by atoms with E-state index in [2.05, 4.69) is 18.7 Å². The van der Waals surface area contributed by atoms with Crippen molar-refractivity contribution in [3.8, 4) is 0 Å². The smallest absolute Gasteiger partial charge is 0.0602 e. The van der Waals surface area contributed by atoms with Crippen molar-refractivity contribution >= 4 is 0 Å². The van der Waals surface area contributed by atoms with Crippen molar-refractivity contribution in [1.82, 2.24) is 4.90 Å². The van der Waals surface area contributed by atoms with Gasteiger partial charge in [-0.2, -0.15) is 0 Å². The normalized spacial score (nSPS) is 22.9. The first-order valence-electron chi connectivity index (χ1n) is 8.12. The minimum atomic E-state index is 0.485. The highest BCUT2D eigenvalue weighted by molar-refractivity contribution is 4.79. The maximum Gasteiger partial charge on any atom is 0.0602 e. The lowest BCUT2D eigenvalue weighted by atomic mass is 10.0. The van der Waals surface area contributed by atoms with Gasteiger partial charge < -0.3 is 9.47 Å². The molecule has 3 nitrogen and oxygen atoms in total. The Morgan fingerprint density at radius 1 is 1.11 bits per heavy atom. The molecule has 1 fully saturated rings. The number of hydrogen-bond acceptors (Lipinski definition) is 3. The number of hydrogen-bond donors (Lipinski definition) is 0. The topological polar surface area (TPSA) is 21.7 Å². The van der Waals surface area contributed by atoms with Crippen LogP contribution in [0.25, 0.3) is 0 Å². The van der Waals surface area contributed by atoms with Crippen molar-refractivity contribution < 1.29 is 9.47 Å². The Balaban J connectivity index is 0. The van der Waals surface area contributed by atoms with Crippen molar-refractivity contribution in [2.24, 2.45) is 0 Å². The predicted octanol–water partition coefficient (Wildman–Crippen LogP) is 3.96. The van der Waals surface area contributed by atoms with E-state index in [-0.39, 0.29) is 0 Å². The molecule has 0 spiro atoms.